The van der Waals surface area contributed by atoms with Crippen molar-refractivity contribution in [2.45, 2.75) is 68.7 Å². The van der Waals surface area contributed by atoms with Gasteiger partial charge in [0.2, 0.25) is 0 Å². The van der Waals surface area contributed by atoms with Gasteiger partial charge in [-0.25, -0.2) is 0 Å². The third-order valence-electron chi connectivity index (χ3n) is 4.81. The van der Waals surface area contributed by atoms with Crippen LogP contribution in [0.3, 0.4) is 0 Å². The zero-order valence-electron chi connectivity index (χ0n) is 17.6. The normalized spacial score (nSPS) is 11.6. The number of hydrogen-bond donors (Lipinski definition) is 0. The molecule has 0 unspecified atom stereocenters. The maximum absolute atomic E-state index is 2.72. The second kappa shape index (κ2) is 7.62. The Kier molecular flexibility index (Phi) is 6.14. The molecule has 1 heteroatoms. The molecule has 2 aromatic carbocycles. The third kappa shape index (κ3) is 4.94. The van der Waals surface area contributed by atoms with Crippen molar-refractivity contribution in [1.29, 1.82) is 0 Å². The fourth-order valence-electron chi connectivity index (χ4n) is 3.95. The van der Waals surface area contributed by atoms with E-state index in [1.807, 2.05) is 0 Å². The number of hydrogen-bond acceptors (Lipinski definition) is 0. The molecule has 0 aliphatic heterocycles. The van der Waals surface area contributed by atoms with Gasteiger partial charge in [0.25, 0.3) is 0 Å². The van der Waals surface area contributed by atoms with E-state index in [-0.39, 0.29) is 0 Å². The Hall–Kier alpha value is -1.15. The topological polar surface area (TPSA) is 0 Å². The first-order chi connectivity index (χ1) is 11.5. The molecule has 134 valence electrons. The van der Waals surface area contributed by atoms with Gasteiger partial charge in [0, 0.05) is 0 Å². The predicted molar refractivity (Wildman–Crippen MR) is 116 cm³/mol. The van der Waals surface area contributed by atoms with Gasteiger partial charge in [-0.3, -0.25) is 0 Å². The quantitative estimate of drug-likeness (QED) is 0.645. The summed E-state index contributed by atoms with van der Waals surface area (Å²) in [4.78, 5) is 2.72. The molecular weight excluding hydrogens is 361 g/mol. The third-order valence-corrected chi connectivity index (χ3v) is 11.7. The van der Waals surface area contributed by atoms with Crippen LogP contribution in [0.4, 0.5) is 0 Å². The van der Waals surface area contributed by atoms with Gasteiger partial charge in [0.1, 0.15) is 0 Å². The van der Waals surface area contributed by atoms with Gasteiger partial charge in [0.05, 0.1) is 0 Å². The van der Waals surface area contributed by atoms with E-state index in [0.717, 1.165) is 0 Å². The zero-order chi connectivity index (χ0) is 18.9. The van der Waals surface area contributed by atoms with Crippen molar-refractivity contribution < 1.29 is 0 Å². The van der Waals surface area contributed by atoms with E-state index in [9.17, 15) is 0 Å². The second-order valence-corrected chi connectivity index (χ2v) is 13.6. The minimum atomic E-state index is -1.72. The van der Waals surface area contributed by atoms with E-state index in [1.165, 1.54) is 39.8 Å². The maximum atomic E-state index is 2.72. The van der Waals surface area contributed by atoms with Gasteiger partial charge in [-0.1, -0.05) is 0 Å². The van der Waals surface area contributed by atoms with E-state index < -0.39 is 13.9 Å². The Bertz CT molecular complexity index is 711. The summed E-state index contributed by atoms with van der Waals surface area (Å²) < 4.78 is 3.31. The number of rotatable bonds is 3. The Morgan fingerprint density at radius 3 is 1.28 bits per heavy atom. The summed E-state index contributed by atoms with van der Waals surface area (Å²) in [5.41, 5.74) is 9.04. The molecule has 0 atom stereocenters. The van der Waals surface area contributed by atoms with E-state index in [4.69, 9.17) is 0 Å². The Labute approximate surface area is 159 Å². The van der Waals surface area contributed by atoms with Crippen LogP contribution in [0.15, 0.2) is 24.3 Å². The van der Waals surface area contributed by atoms with Crippen molar-refractivity contribution >= 4 is 27.6 Å². The summed E-state index contributed by atoms with van der Waals surface area (Å²) in [6, 6.07) is 9.50. The molecule has 2 aromatic rings. The van der Waals surface area contributed by atoms with Gasteiger partial charge >= 0.3 is 159 Å². The molecule has 0 aliphatic rings. The van der Waals surface area contributed by atoms with Crippen LogP contribution in [0, 0.1) is 47.0 Å². The molecule has 0 spiro atoms. The van der Waals surface area contributed by atoms with Crippen LogP contribution in [-0.4, -0.2) is 18.8 Å². The van der Waals surface area contributed by atoms with E-state index in [0.29, 0.717) is 5.41 Å². The SMILES string of the molecule is Cc1cc(C)[c]([Ge](=[CH]CC(C)(C)C)[c]2c(C)cc(C)cc2C)c(C)c1. The average molecular weight is 395 g/mol. The molecule has 0 amide bonds. The molecule has 0 heterocycles. The summed E-state index contributed by atoms with van der Waals surface area (Å²) in [6.45, 7) is 20.7. The van der Waals surface area contributed by atoms with Crippen LogP contribution in [0.25, 0.3) is 0 Å². The zero-order valence-corrected chi connectivity index (χ0v) is 19.7. The van der Waals surface area contributed by atoms with Crippen LogP contribution in [0.2, 0.25) is 0 Å². The molecule has 0 bridgehead atoms. The predicted octanol–water partition coefficient (Wildman–Crippen LogP) is 4.97. The fraction of sp³-hybridized carbons (Fsp3) is 0.458. The molecule has 0 aliphatic carbocycles. The first kappa shape index (κ1) is 20.2. The van der Waals surface area contributed by atoms with E-state index in [2.05, 4.69) is 91.4 Å². The molecule has 0 saturated heterocycles. The van der Waals surface area contributed by atoms with Crippen LogP contribution in [0.1, 0.15) is 60.6 Å². The number of aryl methyl sites for hydroxylation is 6. The molecule has 2 rings (SSSR count). The second-order valence-electron chi connectivity index (χ2n) is 8.93. The standard InChI is InChI=1S/C24H34Ge/c1-16-12-18(3)22(19(4)13-16)25(11-10-24(7,8)9)23-20(5)14-17(2)15-21(23)6/h11-15H,10H2,1-9H3. The Balaban J connectivity index is 2.77. The van der Waals surface area contributed by atoms with Gasteiger partial charge in [-0.05, 0) is 0 Å². The molecule has 0 aromatic heterocycles. The average Bonchev–Trinajstić information content (AvgIpc) is 2.40. The van der Waals surface area contributed by atoms with Crippen molar-refractivity contribution in [1.82, 2.24) is 0 Å². The first-order valence-corrected chi connectivity index (χ1v) is 12.7. The van der Waals surface area contributed by atoms with Gasteiger partial charge in [-0.2, -0.15) is 0 Å². The number of benzene rings is 2. The summed E-state index contributed by atoms with van der Waals surface area (Å²) in [6.07, 6.45) is 1.18. The summed E-state index contributed by atoms with van der Waals surface area (Å²) in [5.74, 6) is 0. The van der Waals surface area contributed by atoms with Crippen LogP contribution in [-0.2, 0) is 0 Å². The fourth-order valence-corrected chi connectivity index (χ4v) is 11.2. The van der Waals surface area contributed by atoms with Gasteiger partial charge in [-0.15, -0.1) is 0 Å². The minimum absolute atomic E-state index is 0.345. The Morgan fingerprint density at radius 1 is 0.680 bits per heavy atom. The Morgan fingerprint density at radius 2 is 1.00 bits per heavy atom. The summed E-state index contributed by atoms with van der Waals surface area (Å²) in [5, 5.41) is 0. The molecule has 0 saturated carbocycles. The van der Waals surface area contributed by atoms with Crippen molar-refractivity contribution in [2.75, 3.05) is 0 Å². The van der Waals surface area contributed by atoms with Gasteiger partial charge in [0.15, 0.2) is 0 Å². The van der Waals surface area contributed by atoms with E-state index >= 15 is 0 Å². The van der Waals surface area contributed by atoms with Gasteiger partial charge < -0.3 is 0 Å². The van der Waals surface area contributed by atoms with E-state index in [1.54, 1.807) is 8.79 Å². The van der Waals surface area contributed by atoms with Crippen molar-refractivity contribution in [3.8, 4) is 0 Å². The molecule has 25 heavy (non-hydrogen) atoms. The van der Waals surface area contributed by atoms with Crippen LogP contribution < -0.4 is 8.79 Å². The summed E-state index contributed by atoms with van der Waals surface area (Å²) >= 11 is -1.72. The van der Waals surface area contributed by atoms with Crippen LogP contribution >= 0.6 is 0 Å². The van der Waals surface area contributed by atoms with Crippen molar-refractivity contribution in [3.63, 3.8) is 0 Å². The first-order valence-electron chi connectivity index (χ1n) is 9.36. The molecule has 0 nitrogen and oxygen atoms in total. The molecule has 0 N–H and O–H groups in total. The summed E-state index contributed by atoms with van der Waals surface area (Å²) in [7, 11) is 0. The molecule has 0 radical (unpaired) electrons. The van der Waals surface area contributed by atoms with Crippen molar-refractivity contribution in [2.24, 2.45) is 5.41 Å². The van der Waals surface area contributed by atoms with Crippen molar-refractivity contribution in [3.05, 3.63) is 57.6 Å². The monoisotopic (exact) mass is 396 g/mol. The molecule has 0 fully saturated rings. The molecular formula is C24H34Ge. The van der Waals surface area contributed by atoms with Crippen LogP contribution in [0.5, 0.6) is 0 Å².